The molecule has 0 aliphatic rings. The summed E-state index contributed by atoms with van der Waals surface area (Å²) >= 11 is 11.8. The fraction of sp³-hybridized carbons (Fsp3) is 0.300. The molecule has 0 aliphatic carbocycles. The molecule has 0 spiro atoms. The lowest BCUT2D eigenvalue weighted by atomic mass is 10.2. The minimum Gasteiger partial charge on any atom is -0.493 e. The van der Waals surface area contributed by atoms with Crippen molar-refractivity contribution in [1.29, 1.82) is 0 Å². The molecule has 2 rings (SSSR count). The molecule has 5 nitrogen and oxygen atoms in total. The van der Waals surface area contributed by atoms with Crippen LogP contribution in [0, 0.1) is 0 Å². The zero-order valence-corrected chi connectivity index (χ0v) is 16.6. The van der Waals surface area contributed by atoms with Gasteiger partial charge in [0.05, 0.1) is 17.8 Å². The summed E-state index contributed by atoms with van der Waals surface area (Å²) < 4.78 is 11.1. The van der Waals surface area contributed by atoms with Crippen molar-refractivity contribution in [2.75, 3.05) is 13.2 Å². The zero-order valence-electron chi connectivity index (χ0n) is 15.1. The predicted octanol–water partition coefficient (Wildman–Crippen LogP) is 5.09. The number of nitrogens with one attached hydrogen (secondary N) is 1. The van der Waals surface area contributed by atoms with Crippen LogP contribution in [0.4, 0.5) is 0 Å². The first-order valence-corrected chi connectivity index (χ1v) is 9.47. The van der Waals surface area contributed by atoms with Gasteiger partial charge in [0.1, 0.15) is 11.5 Å². The van der Waals surface area contributed by atoms with E-state index in [1.165, 1.54) is 0 Å². The smallest absolute Gasteiger partial charge is 0.277 e. The molecule has 0 bridgehead atoms. The van der Waals surface area contributed by atoms with Crippen molar-refractivity contribution in [3.05, 3.63) is 58.1 Å². The third kappa shape index (κ3) is 7.49. The molecule has 0 saturated heterocycles. The molecule has 0 heterocycles. The summed E-state index contributed by atoms with van der Waals surface area (Å²) in [4.78, 5) is 11.9. The number of nitrogens with zero attached hydrogens (tertiary/aromatic N) is 1. The topological polar surface area (TPSA) is 59.9 Å². The molecule has 0 saturated carbocycles. The Labute approximate surface area is 169 Å². The number of hydrogen-bond donors (Lipinski definition) is 1. The van der Waals surface area contributed by atoms with E-state index in [9.17, 15) is 4.79 Å². The van der Waals surface area contributed by atoms with Crippen LogP contribution in [-0.4, -0.2) is 25.3 Å². The standard InChI is InChI=1S/C20H22Cl2N2O3/c1-2-3-6-11-26-18-8-5-4-7-15(18)13-23-24-20(25)14-27-19-10-9-16(21)12-17(19)22/h4-5,7-10,12-13H,2-3,6,11,14H2,1H3,(H,24,25)/b23-13+. The third-order valence-corrected chi connectivity index (χ3v) is 4.10. The quantitative estimate of drug-likeness (QED) is 0.338. The Kier molecular flexibility index (Phi) is 8.95. The summed E-state index contributed by atoms with van der Waals surface area (Å²) in [5, 5.41) is 4.79. The molecule has 0 radical (unpaired) electrons. The van der Waals surface area contributed by atoms with Crippen molar-refractivity contribution in [2.45, 2.75) is 26.2 Å². The molecule has 27 heavy (non-hydrogen) atoms. The first kappa shape index (κ1) is 21.1. The average Bonchev–Trinajstić information content (AvgIpc) is 2.65. The highest BCUT2D eigenvalue weighted by atomic mass is 35.5. The van der Waals surface area contributed by atoms with Gasteiger partial charge in [0, 0.05) is 10.6 Å². The Bertz CT molecular complexity index is 782. The first-order valence-electron chi connectivity index (χ1n) is 8.71. The minimum absolute atomic E-state index is 0.214. The number of hydrazone groups is 1. The van der Waals surface area contributed by atoms with Crippen LogP contribution in [0.3, 0.4) is 0 Å². The van der Waals surface area contributed by atoms with Gasteiger partial charge in [-0.05, 0) is 36.8 Å². The highest BCUT2D eigenvalue weighted by Gasteiger charge is 2.06. The van der Waals surface area contributed by atoms with Gasteiger partial charge in [0.15, 0.2) is 6.61 Å². The normalized spacial score (nSPS) is 10.8. The molecule has 0 atom stereocenters. The van der Waals surface area contributed by atoms with E-state index in [-0.39, 0.29) is 6.61 Å². The fourth-order valence-corrected chi connectivity index (χ4v) is 2.66. The Morgan fingerprint density at radius 2 is 1.93 bits per heavy atom. The second kappa shape index (κ2) is 11.5. The van der Waals surface area contributed by atoms with Crippen molar-refractivity contribution < 1.29 is 14.3 Å². The molecule has 7 heteroatoms. The number of para-hydroxylation sites is 1. The maximum Gasteiger partial charge on any atom is 0.277 e. The molecule has 144 valence electrons. The SMILES string of the molecule is CCCCCOc1ccccc1/C=N/NC(=O)COc1ccc(Cl)cc1Cl. The second-order valence-corrected chi connectivity index (χ2v) is 6.59. The van der Waals surface area contributed by atoms with E-state index in [0.29, 0.717) is 22.4 Å². The summed E-state index contributed by atoms with van der Waals surface area (Å²) in [6, 6.07) is 12.3. The van der Waals surface area contributed by atoms with Gasteiger partial charge in [-0.2, -0.15) is 5.10 Å². The number of ether oxygens (including phenoxy) is 2. The number of rotatable bonds is 10. The summed E-state index contributed by atoms with van der Waals surface area (Å²) in [5.74, 6) is 0.709. The molecule has 0 aliphatic heterocycles. The zero-order chi connectivity index (χ0) is 19.5. The van der Waals surface area contributed by atoms with Crippen LogP contribution in [0.1, 0.15) is 31.7 Å². The van der Waals surface area contributed by atoms with Crippen molar-refractivity contribution >= 4 is 35.3 Å². The number of benzene rings is 2. The number of unbranched alkanes of at least 4 members (excludes halogenated alkanes) is 2. The van der Waals surface area contributed by atoms with Crippen LogP contribution in [0.2, 0.25) is 10.0 Å². The lowest BCUT2D eigenvalue weighted by molar-refractivity contribution is -0.123. The van der Waals surface area contributed by atoms with E-state index < -0.39 is 5.91 Å². The Hall–Kier alpha value is -2.24. The fourth-order valence-electron chi connectivity index (χ4n) is 2.19. The van der Waals surface area contributed by atoms with E-state index in [4.69, 9.17) is 32.7 Å². The van der Waals surface area contributed by atoms with Gasteiger partial charge in [-0.1, -0.05) is 55.1 Å². The molecule has 2 aromatic carbocycles. The van der Waals surface area contributed by atoms with Gasteiger partial charge < -0.3 is 9.47 Å². The highest BCUT2D eigenvalue weighted by Crippen LogP contribution is 2.27. The average molecular weight is 409 g/mol. The Morgan fingerprint density at radius 3 is 2.70 bits per heavy atom. The molecule has 2 aromatic rings. The maximum absolute atomic E-state index is 11.9. The summed E-state index contributed by atoms with van der Waals surface area (Å²) in [6.07, 6.45) is 4.82. The van der Waals surface area contributed by atoms with Gasteiger partial charge in [-0.25, -0.2) is 5.43 Å². The number of halogens is 2. The number of hydrogen-bond acceptors (Lipinski definition) is 4. The predicted molar refractivity (Wildman–Crippen MR) is 109 cm³/mol. The van der Waals surface area contributed by atoms with Crippen LogP contribution < -0.4 is 14.9 Å². The number of carbonyl (C=O) groups is 1. The highest BCUT2D eigenvalue weighted by molar-refractivity contribution is 6.35. The van der Waals surface area contributed by atoms with Crippen LogP contribution in [0.25, 0.3) is 0 Å². The molecular weight excluding hydrogens is 387 g/mol. The minimum atomic E-state index is -0.404. The van der Waals surface area contributed by atoms with Crippen molar-refractivity contribution in [3.8, 4) is 11.5 Å². The van der Waals surface area contributed by atoms with Gasteiger partial charge in [0.25, 0.3) is 5.91 Å². The van der Waals surface area contributed by atoms with Crippen LogP contribution in [0.5, 0.6) is 11.5 Å². The Balaban J connectivity index is 1.83. The van der Waals surface area contributed by atoms with Crippen molar-refractivity contribution in [1.82, 2.24) is 5.43 Å². The van der Waals surface area contributed by atoms with E-state index in [1.807, 2.05) is 24.3 Å². The molecule has 0 fully saturated rings. The lowest BCUT2D eigenvalue weighted by Crippen LogP contribution is -2.24. The summed E-state index contributed by atoms with van der Waals surface area (Å²) in [6.45, 7) is 2.59. The number of carbonyl (C=O) groups excluding carboxylic acids is 1. The van der Waals surface area contributed by atoms with E-state index in [0.717, 1.165) is 30.6 Å². The molecule has 1 N–H and O–H groups in total. The Morgan fingerprint density at radius 1 is 1.11 bits per heavy atom. The lowest BCUT2D eigenvalue weighted by Gasteiger charge is -2.09. The maximum atomic E-state index is 11.9. The van der Waals surface area contributed by atoms with E-state index in [1.54, 1.807) is 24.4 Å². The monoisotopic (exact) mass is 408 g/mol. The summed E-state index contributed by atoms with van der Waals surface area (Å²) in [7, 11) is 0. The van der Waals surface area contributed by atoms with Crippen LogP contribution in [0.15, 0.2) is 47.6 Å². The van der Waals surface area contributed by atoms with E-state index in [2.05, 4.69) is 17.5 Å². The largest absolute Gasteiger partial charge is 0.493 e. The van der Waals surface area contributed by atoms with Gasteiger partial charge in [-0.3, -0.25) is 4.79 Å². The molecular formula is C20H22Cl2N2O3. The van der Waals surface area contributed by atoms with Crippen LogP contribution >= 0.6 is 23.2 Å². The first-order chi connectivity index (χ1) is 13.1. The van der Waals surface area contributed by atoms with Crippen LogP contribution in [-0.2, 0) is 4.79 Å². The van der Waals surface area contributed by atoms with Gasteiger partial charge in [0.2, 0.25) is 0 Å². The number of amides is 1. The van der Waals surface area contributed by atoms with Gasteiger partial charge in [-0.15, -0.1) is 0 Å². The van der Waals surface area contributed by atoms with E-state index >= 15 is 0 Å². The van der Waals surface area contributed by atoms with Crippen molar-refractivity contribution in [3.63, 3.8) is 0 Å². The third-order valence-electron chi connectivity index (χ3n) is 3.57. The van der Waals surface area contributed by atoms with Gasteiger partial charge >= 0.3 is 0 Å². The molecule has 0 aromatic heterocycles. The molecule has 0 unspecified atom stereocenters. The van der Waals surface area contributed by atoms with Crippen molar-refractivity contribution in [2.24, 2.45) is 5.10 Å². The molecule has 1 amide bonds. The summed E-state index contributed by atoms with van der Waals surface area (Å²) in [5.41, 5.74) is 3.20. The second-order valence-electron chi connectivity index (χ2n) is 5.75.